The largest absolute Gasteiger partial charge is 0.351 e. The van der Waals surface area contributed by atoms with E-state index in [-0.39, 0.29) is 0 Å². The third-order valence-corrected chi connectivity index (χ3v) is 2.43. The molecule has 0 aromatic heterocycles. The van der Waals surface area contributed by atoms with E-state index in [1.54, 1.807) is 6.19 Å². The summed E-state index contributed by atoms with van der Waals surface area (Å²) in [6.07, 6.45) is 4.24. The molecule has 1 saturated heterocycles. The minimum Gasteiger partial charge on any atom is -0.351 e. The molecule has 1 fully saturated rings. The molecule has 3 nitrogen and oxygen atoms in total. The quantitative estimate of drug-likeness (QED) is 0.214. The molecule has 0 aromatic rings. The van der Waals surface area contributed by atoms with Gasteiger partial charge in [0.05, 0.1) is 0 Å². The summed E-state index contributed by atoms with van der Waals surface area (Å²) in [5.74, 6) is 0. The Hall–Kier alpha value is -0.310. The number of hydrogen-bond acceptors (Lipinski definition) is 2. The average molecular weight is 249 g/mol. The minimum absolute atomic E-state index is 0.831. The molecule has 4 heteroatoms. The number of amidine groups is 1. The first-order valence-electron chi connectivity index (χ1n) is 3.22. The third kappa shape index (κ3) is 1.84. The Bertz CT molecular complexity index is 176. The number of nitriles is 1. The van der Waals surface area contributed by atoms with E-state index in [1.807, 2.05) is 0 Å². The molecular formula is C6H8IN3. The first-order chi connectivity index (χ1) is 4.84. The van der Waals surface area contributed by atoms with E-state index < -0.39 is 0 Å². The van der Waals surface area contributed by atoms with Crippen LogP contribution in [-0.4, -0.2) is 21.8 Å². The van der Waals surface area contributed by atoms with E-state index in [1.165, 1.54) is 12.8 Å². The highest BCUT2D eigenvalue weighted by atomic mass is 127. The molecule has 54 valence electrons. The Morgan fingerprint density at radius 2 is 2.10 bits per heavy atom. The van der Waals surface area contributed by atoms with Crippen molar-refractivity contribution in [1.29, 1.82) is 5.26 Å². The second-order valence-corrected chi connectivity index (χ2v) is 3.14. The van der Waals surface area contributed by atoms with Crippen molar-refractivity contribution < 1.29 is 0 Å². The van der Waals surface area contributed by atoms with Crippen LogP contribution in [0.5, 0.6) is 0 Å². The molecule has 0 unspecified atom stereocenters. The number of nitrogens with zero attached hydrogens (tertiary/aromatic N) is 3. The first-order valence-corrected chi connectivity index (χ1v) is 4.29. The lowest BCUT2D eigenvalue weighted by molar-refractivity contribution is 0.533. The van der Waals surface area contributed by atoms with Gasteiger partial charge in [-0.2, -0.15) is 5.26 Å². The summed E-state index contributed by atoms with van der Waals surface area (Å²) in [4.78, 5) is 5.77. The van der Waals surface area contributed by atoms with Gasteiger partial charge in [0.25, 0.3) is 0 Å². The van der Waals surface area contributed by atoms with Gasteiger partial charge in [-0.1, -0.05) is 0 Å². The van der Waals surface area contributed by atoms with Gasteiger partial charge in [0, 0.05) is 35.7 Å². The predicted molar refractivity (Wildman–Crippen MR) is 47.9 cm³/mol. The zero-order valence-corrected chi connectivity index (χ0v) is 7.71. The lowest BCUT2D eigenvalue weighted by atomic mass is 10.4. The zero-order valence-electron chi connectivity index (χ0n) is 5.55. The molecule has 0 aliphatic carbocycles. The van der Waals surface area contributed by atoms with E-state index in [2.05, 4.69) is 32.5 Å². The van der Waals surface area contributed by atoms with Gasteiger partial charge in [0.1, 0.15) is 0 Å². The van der Waals surface area contributed by atoms with E-state index >= 15 is 0 Å². The van der Waals surface area contributed by atoms with Gasteiger partial charge in [-0.15, -0.1) is 4.99 Å². The van der Waals surface area contributed by atoms with Crippen molar-refractivity contribution in [3.05, 3.63) is 0 Å². The summed E-state index contributed by atoms with van der Waals surface area (Å²) in [5.41, 5.74) is 0. The molecule has 1 heterocycles. The maximum Gasteiger partial charge on any atom is 0.208 e. The van der Waals surface area contributed by atoms with Crippen LogP contribution in [-0.2, 0) is 0 Å². The van der Waals surface area contributed by atoms with Gasteiger partial charge in [0.15, 0.2) is 3.84 Å². The molecule has 0 bridgehead atoms. The van der Waals surface area contributed by atoms with Crippen LogP contribution in [0.2, 0.25) is 0 Å². The van der Waals surface area contributed by atoms with Crippen molar-refractivity contribution in [2.75, 3.05) is 13.1 Å². The molecule has 1 rings (SSSR count). The fourth-order valence-electron chi connectivity index (χ4n) is 1.01. The molecule has 1 aliphatic heterocycles. The third-order valence-electron chi connectivity index (χ3n) is 1.51. The van der Waals surface area contributed by atoms with Gasteiger partial charge in [-0.3, -0.25) is 0 Å². The van der Waals surface area contributed by atoms with Crippen molar-refractivity contribution in [2.24, 2.45) is 4.99 Å². The minimum atomic E-state index is 0.831. The molecule has 0 spiro atoms. The zero-order chi connectivity index (χ0) is 7.40. The van der Waals surface area contributed by atoms with Crippen LogP contribution in [0.15, 0.2) is 4.99 Å². The highest BCUT2D eigenvalue weighted by Crippen LogP contribution is 2.11. The molecular weight excluding hydrogens is 241 g/mol. The Morgan fingerprint density at radius 1 is 1.50 bits per heavy atom. The highest BCUT2D eigenvalue weighted by molar-refractivity contribution is 14.1. The average Bonchev–Trinajstić information content (AvgIpc) is 2.38. The summed E-state index contributed by atoms with van der Waals surface area (Å²) in [7, 11) is 0. The van der Waals surface area contributed by atoms with E-state index in [0.717, 1.165) is 16.9 Å². The molecule has 0 N–H and O–H groups in total. The Balaban J connectivity index is 2.49. The second kappa shape index (κ2) is 3.76. The fourth-order valence-corrected chi connectivity index (χ4v) is 1.60. The van der Waals surface area contributed by atoms with E-state index in [0.29, 0.717) is 0 Å². The van der Waals surface area contributed by atoms with Crippen LogP contribution in [0.3, 0.4) is 0 Å². The van der Waals surface area contributed by atoms with E-state index in [4.69, 9.17) is 5.26 Å². The lowest BCUT2D eigenvalue weighted by Crippen LogP contribution is -2.22. The van der Waals surface area contributed by atoms with Gasteiger partial charge in [-0.05, 0) is 12.8 Å². The summed E-state index contributed by atoms with van der Waals surface area (Å²) in [6, 6.07) is 0. The maximum absolute atomic E-state index is 8.23. The van der Waals surface area contributed by atoms with Gasteiger partial charge < -0.3 is 4.90 Å². The summed E-state index contributed by atoms with van der Waals surface area (Å²) in [6.45, 7) is 2.12. The van der Waals surface area contributed by atoms with Gasteiger partial charge in [-0.25, -0.2) is 0 Å². The normalized spacial score (nSPS) is 19.2. The molecule has 0 aromatic carbocycles. The van der Waals surface area contributed by atoms with Crippen LogP contribution >= 0.6 is 22.6 Å². The van der Waals surface area contributed by atoms with E-state index in [9.17, 15) is 0 Å². The number of halogens is 1. The molecule has 10 heavy (non-hydrogen) atoms. The van der Waals surface area contributed by atoms with Crippen molar-refractivity contribution in [1.82, 2.24) is 4.90 Å². The maximum atomic E-state index is 8.23. The lowest BCUT2D eigenvalue weighted by Gasteiger charge is -2.12. The van der Waals surface area contributed by atoms with Crippen LogP contribution < -0.4 is 0 Å². The second-order valence-electron chi connectivity index (χ2n) is 2.17. The summed E-state index contributed by atoms with van der Waals surface area (Å²) in [5, 5.41) is 8.23. The van der Waals surface area contributed by atoms with Crippen LogP contribution in [0, 0.1) is 11.5 Å². The Kier molecular flexibility index (Phi) is 2.93. The van der Waals surface area contributed by atoms with Crippen LogP contribution in [0.25, 0.3) is 0 Å². The van der Waals surface area contributed by atoms with Crippen LogP contribution in [0.4, 0.5) is 0 Å². The highest BCUT2D eigenvalue weighted by Gasteiger charge is 2.12. The first kappa shape index (κ1) is 7.79. The SMILES string of the molecule is N#C/N=C(/I)N1CCCC1. The van der Waals surface area contributed by atoms with Crippen molar-refractivity contribution in [3.63, 3.8) is 0 Å². The Morgan fingerprint density at radius 3 is 2.60 bits per heavy atom. The number of likely N-dealkylation sites (tertiary alicyclic amines) is 1. The molecule has 0 atom stereocenters. The number of rotatable bonds is 0. The number of aliphatic imine (C=N–C) groups is 1. The van der Waals surface area contributed by atoms with Gasteiger partial charge >= 0.3 is 0 Å². The molecule has 0 amide bonds. The Labute approximate surface area is 73.9 Å². The van der Waals surface area contributed by atoms with Gasteiger partial charge in [0.2, 0.25) is 6.19 Å². The monoisotopic (exact) mass is 249 g/mol. The topological polar surface area (TPSA) is 39.4 Å². The molecule has 0 saturated carbocycles. The molecule has 1 aliphatic rings. The van der Waals surface area contributed by atoms with Crippen molar-refractivity contribution in [3.8, 4) is 6.19 Å². The standard InChI is InChI=1S/C6H8IN3/c7-6(9-5-8)10-3-1-2-4-10/h1-4H2/b9-6-. The predicted octanol–water partition coefficient (Wildman–Crippen LogP) is 1.35. The summed E-state index contributed by atoms with van der Waals surface area (Å²) >= 11 is 2.10. The van der Waals surface area contributed by atoms with Crippen molar-refractivity contribution in [2.45, 2.75) is 12.8 Å². The summed E-state index contributed by atoms with van der Waals surface area (Å²) < 4.78 is 0.831. The molecule has 0 radical (unpaired) electrons. The van der Waals surface area contributed by atoms with Crippen LogP contribution in [0.1, 0.15) is 12.8 Å². The smallest absolute Gasteiger partial charge is 0.208 e. The van der Waals surface area contributed by atoms with Crippen molar-refractivity contribution >= 4 is 26.4 Å². The number of hydrogen-bond donors (Lipinski definition) is 0. The fraction of sp³-hybridized carbons (Fsp3) is 0.667.